The van der Waals surface area contributed by atoms with E-state index in [1.807, 2.05) is 56.7 Å². The van der Waals surface area contributed by atoms with Crippen molar-refractivity contribution in [1.82, 2.24) is 29.9 Å². The van der Waals surface area contributed by atoms with Crippen LogP contribution in [0.1, 0.15) is 117 Å². The first-order valence-electron chi connectivity index (χ1n) is 26.6. The van der Waals surface area contributed by atoms with Gasteiger partial charge in [-0.2, -0.15) is 0 Å². The number of hydrogen-bond acceptors (Lipinski definition) is 6. The predicted molar refractivity (Wildman–Crippen MR) is 320 cm³/mol. The van der Waals surface area contributed by atoms with Gasteiger partial charge in [-0.25, -0.2) is 31.3 Å². The molecule has 0 aliphatic heterocycles. The van der Waals surface area contributed by atoms with E-state index in [0.29, 0.717) is 22.8 Å². The van der Waals surface area contributed by atoms with Crippen molar-refractivity contribution in [3.63, 3.8) is 0 Å². The third-order valence-electron chi connectivity index (χ3n) is 13.6. The van der Waals surface area contributed by atoms with Gasteiger partial charge >= 0.3 is 84.6 Å². The molecule has 0 unspecified atom stereocenters. The maximum absolute atomic E-state index is 14.7. The van der Waals surface area contributed by atoms with E-state index in [9.17, 15) is 17.6 Å². The van der Waals surface area contributed by atoms with Crippen molar-refractivity contribution in [3.8, 4) is 67.5 Å². The molecule has 9 heterocycles. The summed E-state index contributed by atoms with van der Waals surface area (Å²) in [5.41, 5.74) is 12.7. The molecular weight excluding hydrogens is 1690 g/mol. The first-order chi connectivity index (χ1) is 39.9. The van der Waals surface area contributed by atoms with Crippen molar-refractivity contribution < 1.29 is 87.6 Å². The van der Waals surface area contributed by atoms with Crippen LogP contribution in [-0.2, 0) is 99.1 Å². The Bertz CT molecular complexity index is 3530. The first-order valence-corrected chi connectivity index (χ1v) is 35.0. The number of aryl methyl sites for hydroxylation is 5. The minimum absolute atomic E-state index is 0.0517. The van der Waals surface area contributed by atoms with Crippen LogP contribution in [-0.4, -0.2) is 29.9 Å². The van der Waals surface area contributed by atoms with E-state index in [0.717, 1.165) is 45.0 Å². The average molecular weight is 1760 g/mol. The van der Waals surface area contributed by atoms with Crippen LogP contribution < -0.4 is 13.7 Å². The summed E-state index contributed by atoms with van der Waals surface area (Å²) in [6, 6.07) is 36.0. The molecule has 0 N–H and O–H groups in total. The van der Waals surface area contributed by atoms with Crippen molar-refractivity contribution in [3.05, 3.63) is 198 Å². The molecule has 9 aromatic rings. The Morgan fingerprint density at radius 3 is 1.15 bits per heavy atom. The average Bonchev–Trinajstić information content (AvgIpc) is 1.96. The fraction of sp³-hybridized carbons (Fsp3) is 0.318. The molecule has 0 atom stereocenters. The van der Waals surface area contributed by atoms with Gasteiger partial charge in [-0.05, 0) is 108 Å². The van der Waals surface area contributed by atoms with Crippen molar-refractivity contribution in [2.75, 3.05) is 0 Å². The molecule has 0 aromatic carbocycles. The second-order valence-corrected chi connectivity index (χ2v) is 23.9. The van der Waals surface area contributed by atoms with Crippen molar-refractivity contribution in [1.29, 1.82) is 0 Å². The van der Waals surface area contributed by atoms with Crippen LogP contribution in [0, 0.1) is 55.8 Å². The molecule has 19 heteroatoms. The molecule has 0 bridgehead atoms. The van der Waals surface area contributed by atoms with Gasteiger partial charge in [-0.3, -0.25) is 24.9 Å². The Labute approximate surface area is 546 Å². The molecule has 85 heavy (non-hydrogen) atoms. The molecule has 0 saturated carbocycles. The topological polar surface area (TPSA) is 89.0 Å². The molecule has 0 amide bonds. The summed E-state index contributed by atoms with van der Waals surface area (Å²) in [6.07, 6.45) is 10.8. The third kappa shape index (κ3) is 19.2. The summed E-state index contributed by atoms with van der Waals surface area (Å²) >= 11 is 4.83. The van der Waals surface area contributed by atoms with Crippen LogP contribution in [0.3, 0.4) is 0 Å². The molecule has 9 nitrogen and oxygen atoms in total. The van der Waals surface area contributed by atoms with Crippen LogP contribution in [0.15, 0.2) is 122 Å². The summed E-state index contributed by atoms with van der Waals surface area (Å²) in [6.45, 7) is 29.9. The van der Waals surface area contributed by atoms with Crippen LogP contribution in [0.5, 0.6) is 0 Å². The molecule has 0 saturated heterocycles. The van der Waals surface area contributed by atoms with Gasteiger partial charge in [0, 0.05) is 65.0 Å². The van der Waals surface area contributed by atoms with Gasteiger partial charge in [0.15, 0.2) is 47.6 Å². The standard InChI is InChI=1S/C26H33N3.C24H27F2N3.C16H11F2N3.3ClH.3Pt/c1-17-21(23-14-19(10-12-27-23)25(3,4)5)16-22(18(2)28-17)24-15-20(26(6,7)8)11-13-29(24)9;1-23(2,3)15-8-10-27-19(12-15)17-14-18(22(26)28-21(17)25)20-13-16(24(4,5)6)9-11-29(20)7;1-21-9-5-3-7-14(21)12-10-11(15(17)20-16(12)18)13-6-2-4-8-19-13;;;;;;/h10-15H,1-9H3;8-13H,1-7H3;2-9H,1H3;3*1H;;;/q;;;;;;3*+2/p-3. The second kappa shape index (κ2) is 31.8. The minimum atomic E-state index is -0.923. The predicted octanol–water partition coefficient (Wildman–Crippen LogP) is 15.7. The van der Waals surface area contributed by atoms with Crippen LogP contribution in [0.4, 0.5) is 17.6 Å². The van der Waals surface area contributed by atoms with E-state index in [1.54, 1.807) is 115 Å². The molecular formula is C66H71Cl3F4N9Pt3+3. The summed E-state index contributed by atoms with van der Waals surface area (Å²) in [5.74, 6) is -3.62. The number of hydrogen-bond donors (Lipinski definition) is 0. The number of nitrogens with zero attached hydrogens (tertiary/aromatic N) is 9. The molecule has 0 spiro atoms. The van der Waals surface area contributed by atoms with Crippen LogP contribution in [0.25, 0.3) is 67.5 Å². The Hall–Kier alpha value is -5.00. The molecule has 0 aliphatic carbocycles. The Balaban J connectivity index is 0.000000264. The SMILES string of the molecule is C[n+]1ccc(C(C)(C)C)cc1-c1[c-]c(-c2cc(C(C)(C)C)ccn2)c(F)nc1F.C[n+]1ccccc1-c1[c-]c(-c2ccccn2)c(F)nc1F.Cc1nc(C)c(-c2cc(C(C)(C)C)cc[n+]2C)[c-]c1-c1cc(C(C)(C)C)ccn1.[Cl][Pt+].[Cl][Pt+].[Cl][Pt+]. The fourth-order valence-corrected chi connectivity index (χ4v) is 8.63. The van der Waals surface area contributed by atoms with E-state index in [4.69, 9.17) is 4.98 Å². The van der Waals surface area contributed by atoms with Crippen molar-refractivity contribution in [2.45, 2.75) is 119 Å². The molecule has 0 aliphatic rings. The summed E-state index contributed by atoms with van der Waals surface area (Å²) in [5, 5.41) is 0. The first kappa shape index (κ1) is 72.5. The third-order valence-corrected chi connectivity index (χ3v) is 13.6. The van der Waals surface area contributed by atoms with Crippen LogP contribution in [0.2, 0.25) is 0 Å². The molecule has 456 valence electrons. The van der Waals surface area contributed by atoms with Crippen molar-refractivity contribution >= 4 is 28.3 Å². The summed E-state index contributed by atoms with van der Waals surface area (Å²) in [4.78, 5) is 24.7. The number of aromatic nitrogens is 9. The Morgan fingerprint density at radius 1 is 0.365 bits per heavy atom. The number of rotatable bonds is 6. The molecule has 9 rings (SSSR count). The van der Waals surface area contributed by atoms with Gasteiger partial charge < -0.3 is 4.98 Å². The Kier molecular flexibility index (Phi) is 27.1. The molecule has 0 fully saturated rings. The zero-order chi connectivity index (χ0) is 63.9. The van der Waals surface area contributed by atoms with E-state index >= 15 is 0 Å². The zero-order valence-electron chi connectivity index (χ0n) is 50.7. The number of pyridine rings is 9. The monoisotopic (exact) mass is 1760 g/mol. The summed E-state index contributed by atoms with van der Waals surface area (Å²) in [7, 11) is 19.5. The maximum atomic E-state index is 14.7. The zero-order valence-corrected chi connectivity index (χ0v) is 59.8. The van der Waals surface area contributed by atoms with E-state index in [1.165, 1.54) is 17.3 Å². The molecule has 0 radical (unpaired) electrons. The fourth-order valence-electron chi connectivity index (χ4n) is 8.63. The van der Waals surface area contributed by atoms with Crippen molar-refractivity contribution in [2.24, 2.45) is 21.1 Å². The summed E-state index contributed by atoms with van der Waals surface area (Å²) < 4.78 is 62.8. The molecule has 9 aromatic heterocycles. The van der Waals surface area contributed by atoms with Gasteiger partial charge in [0.1, 0.15) is 33.0 Å². The van der Waals surface area contributed by atoms with Gasteiger partial charge in [0.25, 0.3) is 0 Å². The Morgan fingerprint density at radius 2 is 0.718 bits per heavy atom. The second-order valence-electron chi connectivity index (χ2n) is 23.9. The van der Waals surface area contributed by atoms with E-state index in [-0.39, 0.29) is 43.9 Å². The van der Waals surface area contributed by atoms with Gasteiger partial charge in [-0.1, -0.05) is 145 Å². The van der Waals surface area contributed by atoms with Gasteiger partial charge in [0.05, 0.1) is 0 Å². The number of halogens is 7. The van der Waals surface area contributed by atoms with Crippen LogP contribution >= 0.6 is 28.3 Å². The van der Waals surface area contributed by atoms with Gasteiger partial charge in [0.2, 0.25) is 0 Å². The van der Waals surface area contributed by atoms with E-state index < -0.39 is 23.8 Å². The normalized spacial score (nSPS) is 11.3. The van der Waals surface area contributed by atoms with Gasteiger partial charge in [-0.15, -0.1) is 6.07 Å². The van der Waals surface area contributed by atoms with E-state index in [2.05, 4.69) is 203 Å². The quantitative estimate of drug-likeness (QED) is 0.0713.